The summed E-state index contributed by atoms with van der Waals surface area (Å²) in [4.78, 5) is 0. The summed E-state index contributed by atoms with van der Waals surface area (Å²) in [6.45, 7) is 6.66. The number of allylic oxidation sites excluding steroid dienone is 3. The highest BCUT2D eigenvalue weighted by Gasteiger charge is 2.21. The normalized spacial score (nSPS) is 23.1. The average molecular weight is 200 g/mol. The van der Waals surface area contributed by atoms with Gasteiger partial charge in [0.05, 0.1) is 0 Å². The van der Waals surface area contributed by atoms with Crippen molar-refractivity contribution in [3.8, 4) is 0 Å². The van der Waals surface area contributed by atoms with Gasteiger partial charge in [0.1, 0.15) is 5.83 Å². The lowest BCUT2D eigenvalue weighted by atomic mass is 10.1. The van der Waals surface area contributed by atoms with Gasteiger partial charge in [-0.05, 0) is 25.0 Å². The van der Waals surface area contributed by atoms with Gasteiger partial charge >= 0.3 is 0 Å². The predicted molar refractivity (Wildman–Crippen MR) is 58.7 cm³/mol. The Balaban J connectivity index is 2.45. The van der Waals surface area contributed by atoms with Crippen molar-refractivity contribution in [3.05, 3.63) is 24.1 Å². The Morgan fingerprint density at radius 1 is 1.62 bits per heavy atom. The second kappa shape index (κ2) is 4.32. The summed E-state index contributed by atoms with van der Waals surface area (Å²) in [5, 5.41) is 0.453. The molecule has 1 aliphatic rings. The third-order valence-corrected chi connectivity index (χ3v) is 3.92. The molecule has 0 saturated carbocycles. The Morgan fingerprint density at radius 2 is 2.31 bits per heavy atom. The fourth-order valence-corrected chi connectivity index (χ4v) is 2.49. The molecule has 0 aliphatic heterocycles. The van der Waals surface area contributed by atoms with E-state index in [0.29, 0.717) is 10.00 Å². The minimum Gasteiger partial charge on any atom is -0.207 e. The largest absolute Gasteiger partial charge is 0.207 e. The maximum atomic E-state index is 12.6. The molecule has 0 nitrogen and oxygen atoms in total. The first-order valence-corrected chi connectivity index (χ1v) is 5.63. The van der Waals surface area contributed by atoms with Gasteiger partial charge in [0.2, 0.25) is 0 Å². The molecule has 0 aromatic heterocycles. The van der Waals surface area contributed by atoms with Gasteiger partial charge in [-0.25, -0.2) is 4.39 Å². The van der Waals surface area contributed by atoms with Gasteiger partial charge in [-0.3, -0.25) is 0 Å². The highest BCUT2D eigenvalue weighted by atomic mass is 32.2. The first-order valence-electron chi connectivity index (χ1n) is 4.75. The summed E-state index contributed by atoms with van der Waals surface area (Å²) in [5.41, 5.74) is 0. The molecule has 0 amide bonds. The molecule has 0 N–H and O–H groups in total. The molecule has 0 saturated heterocycles. The van der Waals surface area contributed by atoms with Crippen LogP contribution in [0.1, 0.15) is 33.6 Å². The monoisotopic (exact) mass is 200 g/mol. The quantitative estimate of drug-likeness (QED) is 0.661. The number of hydrogen-bond donors (Lipinski definition) is 0. The van der Waals surface area contributed by atoms with Gasteiger partial charge < -0.3 is 0 Å². The second-order valence-electron chi connectivity index (χ2n) is 3.95. The van der Waals surface area contributed by atoms with E-state index in [1.165, 1.54) is 0 Å². The Morgan fingerprint density at radius 3 is 2.77 bits per heavy atom. The standard InChI is InChI=1S/C11H17FS/c1-4-11(2,3)13-10-7-5-9(12)6-8-10/h5-7,10H,4,8H2,1-3H3. The zero-order valence-corrected chi connectivity index (χ0v) is 9.33. The SMILES string of the molecule is CCC(C)(C)SC1C=CC(F)=CC1. The van der Waals surface area contributed by atoms with Crippen LogP contribution in [0, 0.1) is 0 Å². The van der Waals surface area contributed by atoms with Crippen LogP contribution < -0.4 is 0 Å². The molecular formula is C11H17FS. The summed E-state index contributed by atoms with van der Waals surface area (Å²) in [5.74, 6) is -0.0915. The Labute approximate surface area is 84.3 Å². The highest BCUT2D eigenvalue weighted by Crippen LogP contribution is 2.35. The van der Waals surface area contributed by atoms with Crippen LogP contribution in [-0.2, 0) is 0 Å². The number of halogens is 1. The summed E-state index contributed by atoms with van der Waals surface area (Å²) in [6.07, 6.45) is 7.19. The summed E-state index contributed by atoms with van der Waals surface area (Å²) < 4.78 is 12.9. The molecule has 0 bridgehead atoms. The summed E-state index contributed by atoms with van der Waals surface area (Å²) in [6, 6.07) is 0. The fourth-order valence-electron chi connectivity index (χ4n) is 1.16. The van der Waals surface area contributed by atoms with Gasteiger partial charge in [-0.1, -0.05) is 26.8 Å². The Kier molecular flexibility index (Phi) is 3.60. The molecular weight excluding hydrogens is 183 g/mol. The zero-order valence-electron chi connectivity index (χ0n) is 8.51. The van der Waals surface area contributed by atoms with E-state index in [1.807, 2.05) is 17.8 Å². The van der Waals surface area contributed by atoms with Crippen LogP contribution in [0.15, 0.2) is 24.1 Å². The van der Waals surface area contributed by atoms with Crippen molar-refractivity contribution in [1.29, 1.82) is 0 Å². The minimum absolute atomic E-state index is 0.0915. The predicted octanol–water partition coefficient (Wildman–Crippen LogP) is 4.09. The van der Waals surface area contributed by atoms with Crippen LogP contribution >= 0.6 is 11.8 Å². The van der Waals surface area contributed by atoms with Crippen LogP contribution in [-0.4, -0.2) is 10.00 Å². The number of thioether (sulfide) groups is 1. The Hall–Kier alpha value is -0.240. The number of rotatable bonds is 3. The molecule has 1 unspecified atom stereocenters. The molecule has 2 heteroatoms. The molecule has 0 aromatic rings. The van der Waals surface area contributed by atoms with E-state index in [2.05, 4.69) is 20.8 Å². The van der Waals surface area contributed by atoms with Crippen LogP contribution in [0.3, 0.4) is 0 Å². The lowest BCUT2D eigenvalue weighted by Crippen LogP contribution is -2.18. The van der Waals surface area contributed by atoms with Crippen LogP contribution in [0.5, 0.6) is 0 Å². The molecule has 13 heavy (non-hydrogen) atoms. The molecule has 0 heterocycles. The van der Waals surface area contributed by atoms with E-state index in [1.54, 1.807) is 12.2 Å². The third-order valence-electron chi connectivity index (χ3n) is 2.34. The molecule has 74 valence electrons. The van der Waals surface area contributed by atoms with Crippen LogP contribution in [0.2, 0.25) is 0 Å². The van der Waals surface area contributed by atoms with E-state index in [0.717, 1.165) is 12.8 Å². The summed E-state index contributed by atoms with van der Waals surface area (Å²) >= 11 is 1.93. The lowest BCUT2D eigenvalue weighted by Gasteiger charge is -2.27. The first kappa shape index (κ1) is 10.8. The van der Waals surface area contributed by atoms with Crippen molar-refractivity contribution in [1.82, 2.24) is 0 Å². The topological polar surface area (TPSA) is 0 Å². The van der Waals surface area contributed by atoms with Crippen molar-refractivity contribution in [2.24, 2.45) is 0 Å². The summed E-state index contributed by atoms with van der Waals surface area (Å²) in [7, 11) is 0. The molecule has 1 aliphatic carbocycles. The fraction of sp³-hybridized carbons (Fsp3) is 0.636. The first-order chi connectivity index (χ1) is 6.03. The van der Waals surface area contributed by atoms with Gasteiger partial charge in [-0.15, -0.1) is 11.8 Å². The highest BCUT2D eigenvalue weighted by molar-refractivity contribution is 8.01. The van der Waals surface area contributed by atoms with Crippen molar-refractivity contribution >= 4 is 11.8 Å². The van der Waals surface area contributed by atoms with Crippen LogP contribution in [0.4, 0.5) is 4.39 Å². The van der Waals surface area contributed by atoms with Crippen molar-refractivity contribution in [2.75, 3.05) is 0 Å². The van der Waals surface area contributed by atoms with Gasteiger partial charge in [0.25, 0.3) is 0 Å². The molecule has 0 aromatic carbocycles. The zero-order chi connectivity index (χ0) is 9.90. The van der Waals surface area contributed by atoms with Crippen molar-refractivity contribution in [2.45, 2.75) is 43.6 Å². The van der Waals surface area contributed by atoms with Crippen LogP contribution in [0.25, 0.3) is 0 Å². The number of hydrogen-bond acceptors (Lipinski definition) is 1. The van der Waals surface area contributed by atoms with Gasteiger partial charge in [0.15, 0.2) is 0 Å². The minimum atomic E-state index is -0.0915. The van der Waals surface area contributed by atoms with E-state index >= 15 is 0 Å². The molecule has 0 fully saturated rings. The maximum Gasteiger partial charge on any atom is 0.119 e. The third kappa shape index (κ3) is 3.55. The van der Waals surface area contributed by atoms with Crippen molar-refractivity contribution in [3.63, 3.8) is 0 Å². The molecule has 0 radical (unpaired) electrons. The molecule has 0 spiro atoms. The maximum absolute atomic E-state index is 12.6. The van der Waals surface area contributed by atoms with E-state index in [4.69, 9.17) is 0 Å². The average Bonchev–Trinajstić information content (AvgIpc) is 2.09. The van der Waals surface area contributed by atoms with Gasteiger partial charge in [0, 0.05) is 10.00 Å². The van der Waals surface area contributed by atoms with E-state index in [9.17, 15) is 4.39 Å². The molecule has 1 atom stereocenters. The van der Waals surface area contributed by atoms with Gasteiger partial charge in [-0.2, -0.15) is 0 Å². The Bertz CT molecular complexity index is 228. The lowest BCUT2D eigenvalue weighted by molar-refractivity contribution is 0.650. The smallest absolute Gasteiger partial charge is 0.119 e. The van der Waals surface area contributed by atoms with Crippen molar-refractivity contribution < 1.29 is 4.39 Å². The van der Waals surface area contributed by atoms with E-state index in [-0.39, 0.29) is 5.83 Å². The second-order valence-corrected chi connectivity index (χ2v) is 5.90. The van der Waals surface area contributed by atoms with E-state index < -0.39 is 0 Å². The molecule has 1 rings (SSSR count).